The minimum atomic E-state index is -0.638. The van der Waals surface area contributed by atoms with Crippen LogP contribution in [0.5, 0.6) is 5.75 Å². The number of halogens is 2. The van der Waals surface area contributed by atoms with Crippen LogP contribution >= 0.6 is 0 Å². The van der Waals surface area contributed by atoms with E-state index in [0.717, 1.165) is 29.9 Å². The third-order valence-electron chi connectivity index (χ3n) is 7.02. The molecule has 0 aromatic heterocycles. The molecular weight excluding hydrogens is 390 g/mol. The van der Waals surface area contributed by atoms with Gasteiger partial charge < -0.3 is 5.11 Å². The molecule has 0 bridgehead atoms. The number of phenols is 1. The average Bonchev–Trinajstić information content (AvgIpc) is 2.79. The van der Waals surface area contributed by atoms with Crippen molar-refractivity contribution in [2.24, 2.45) is 5.92 Å². The van der Waals surface area contributed by atoms with Gasteiger partial charge in [0.15, 0.2) is 11.6 Å². The molecule has 0 amide bonds. The lowest BCUT2D eigenvalue weighted by atomic mass is 9.77. The topological polar surface area (TPSA) is 20.2 Å². The molecule has 1 N–H and O–H groups in total. The Labute approximate surface area is 184 Å². The van der Waals surface area contributed by atoms with Crippen molar-refractivity contribution in [3.05, 3.63) is 65.7 Å². The van der Waals surface area contributed by atoms with Crippen LogP contribution in [-0.4, -0.2) is 5.11 Å². The second-order valence-electron chi connectivity index (χ2n) is 9.14. The van der Waals surface area contributed by atoms with Crippen molar-refractivity contribution in [3.8, 4) is 16.9 Å². The van der Waals surface area contributed by atoms with Gasteiger partial charge in [0, 0.05) is 10.9 Å². The van der Waals surface area contributed by atoms with E-state index in [0.29, 0.717) is 22.3 Å². The van der Waals surface area contributed by atoms with Gasteiger partial charge in [-0.3, -0.25) is 0 Å². The minimum absolute atomic E-state index is 0.224. The van der Waals surface area contributed by atoms with Crippen LogP contribution in [0.15, 0.2) is 48.5 Å². The highest BCUT2D eigenvalue weighted by Gasteiger charge is 2.23. The fraction of sp³-hybridized carbons (Fsp3) is 0.429. The fourth-order valence-electron chi connectivity index (χ4n) is 5.11. The Balaban J connectivity index is 1.44. The molecule has 4 rings (SSSR count). The number of hydrogen-bond donors (Lipinski definition) is 1. The summed E-state index contributed by atoms with van der Waals surface area (Å²) in [6.07, 6.45) is 11.5. The van der Waals surface area contributed by atoms with E-state index in [2.05, 4.69) is 13.0 Å². The van der Waals surface area contributed by atoms with Gasteiger partial charge in [0.1, 0.15) is 5.82 Å². The summed E-state index contributed by atoms with van der Waals surface area (Å²) in [5, 5.41) is 10.5. The molecule has 0 heterocycles. The molecule has 0 unspecified atom stereocenters. The monoisotopic (exact) mass is 422 g/mol. The molecule has 0 aliphatic heterocycles. The lowest BCUT2D eigenvalue weighted by Gasteiger charge is -2.29. The van der Waals surface area contributed by atoms with Gasteiger partial charge in [0.05, 0.1) is 0 Å². The highest BCUT2D eigenvalue weighted by molar-refractivity contribution is 5.89. The van der Waals surface area contributed by atoms with Gasteiger partial charge in [0.25, 0.3) is 0 Å². The van der Waals surface area contributed by atoms with Crippen molar-refractivity contribution in [1.82, 2.24) is 0 Å². The van der Waals surface area contributed by atoms with E-state index in [1.807, 2.05) is 6.07 Å². The summed E-state index contributed by atoms with van der Waals surface area (Å²) >= 11 is 0. The van der Waals surface area contributed by atoms with Crippen LogP contribution in [0.4, 0.5) is 8.78 Å². The largest absolute Gasteiger partial charge is 0.505 e. The van der Waals surface area contributed by atoms with Gasteiger partial charge in [-0.05, 0) is 72.2 Å². The molecule has 164 valence electrons. The number of fused-ring (bicyclic) bond motifs is 1. The molecule has 1 saturated carbocycles. The number of rotatable bonds is 7. The van der Waals surface area contributed by atoms with Crippen molar-refractivity contribution in [2.75, 3.05) is 0 Å². The van der Waals surface area contributed by atoms with Gasteiger partial charge >= 0.3 is 0 Å². The normalized spacial score (nSPS) is 19.1. The van der Waals surface area contributed by atoms with Gasteiger partial charge in [0.2, 0.25) is 0 Å². The van der Waals surface area contributed by atoms with E-state index >= 15 is 4.39 Å². The predicted molar refractivity (Wildman–Crippen MR) is 124 cm³/mol. The number of phenolic OH excluding ortho intramolecular Hbond substituents is 1. The zero-order chi connectivity index (χ0) is 21.8. The molecule has 1 fully saturated rings. The molecule has 0 atom stereocenters. The van der Waals surface area contributed by atoms with Crippen LogP contribution in [0, 0.1) is 17.6 Å². The van der Waals surface area contributed by atoms with E-state index < -0.39 is 5.82 Å². The average molecular weight is 423 g/mol. The molecular formula is C28H32F2O. The fourth-order valence-corrected chi connectivity index (χ4v) is 5.11. The maximum absolute atomic E-state index is 15.0. The highest BCUT2D eigenvalue weighted by atomic mass is 19.1. The summed E-state index contributed by atoms with van der Waals surface area (Å²) in [4.78, 5) is 0. The van der Waals surface area contributed by atoms with Crippen molar-refractivity contribution in [3.63, 3.8) is 0 Å². The summed E-state index contributed by atoms with van der Waals surface area (Å²) < 4.78 is 29.1. The Morgan fingerprint density at radius 3 is 2.42 bits per heavy atom. The van der Waals surface area contributed by atoms with E-state index in [9.17, 15) is 9.50 Å². The number of hydrogen-bond acceptors (Lipinski definition) is 1. The summed E-state index contributed by atoms with van der Waals surface area (Å²) in [6, 6.07) is 13.7. The summed E-state index contributed by atoms with van der Waals surface area (Å²) in [5.41, 5.74) is 2.35. The molecule has 31 heavy (non-hydrogen) atoms. The number of unbranched alkanes of at least 4 members (excludes halogenated alkanes) is 3. The van der Waals surface area contributed by atoms with Gasteiger partial charge in [-0.25, -0.2) is 8.78 Å². The molecule has 3 aromatic carbocycles. The van der Waals surface area contributed by atoms with E-state index in [-0.39, 0.29) is 11.6 Å². The number of aromatic hydroxyl groups is 1. The Morgan fingerprint density at radius 2 is 1.68 bits per heavy atom. The molecule has 0 spiro atoms. The first kappa shape index (κ1) is 21.8. The van der Waals surface area contributed by atoms with Crippen LogP contribution in [0.2, 0.25) is 0 Å². The second kappa shape index (κ2) is 9.80. The van der Waals surface area contributed by atoms with Crippen molar-refractivity contribution < 1.29 is 13.9 Å². The maximum Gasteiger partial charge on any atom is 0.172 e. The molecule has 3 heteroatoms. The third kappa shape index (κ3) is 4.92. The zero-order valence-corrected chi connectivity index (χ0v) is 18.3. The molecule has 1 nitrogen and oxygen atoms in total. The predicted octanol–water partition coefficient (Wildman–Crippen LogP) is 8.73. The zero-order valence-electron chi connectivity index (χ0n) is 18.3. The van der Waals surface area contributed by atoms with Crippen molar-refractivity contribution in [1.29, 1.82) is 0 Å². The van der Waals surface area contributed by atoms with Gasteiger partial charge in [-0.15, -0.1) is 0 Å². The van der Waals surface area contributed by atoms with Crippen LogP contribution in [0.25, 0.3) is 21.9 Å². The van der Waals surface area contributed by atoms with Crippen molar-refractivity contribution in [2.45, 2.75) is 70.6 Å². The lowest BCUT2D eigenvalue weighted by Crippen LogP contribution is -2.13. The van der Waals surface area contributed by atoms with Gasteiger partial charge in [-0.2, -0.15) is 0 Å². The maximum atomic E-state index is 15.0. The first-order chi connectivity index (χ1) is 15.1. The first-order valence-electron chi connectivity index (χ1n) is 11.8. The Bertz CT molecular complexity index is 1030. The molecule has 0 radical (unpaired) electrons. The van der Waals surface area contributed by atoms with Crippen LogP contribution in [-0.2, 0) is 0 Å². The summed E-state index contributed by atoms with van der Waals surface area (Å²) in [5.74, 6) is 0.0591. The molecule has 3 aromatic rings. The van der Waals surface area contributed by atoms with E-state index in [1.165, 1.54) is 51.0 Å². The van der Waals surface area contributed by atoms with Gasteiger partial charge in [-0.1, -0.05) is 69.4 Å². The van der Waals surface area contributed by atoms with Crippen LogP contribution in [0.1, 0.15) is 76.2 Å². The first-order valence-corrected chi connectivity index (χ1v) is 11.8. The van der Waals surface area contributed by atoms with Crippen LogP contribution < -0.4 is 0 Å². The summed E-state index contributed by atoms with van der Waals surface area (Å²) in [6.45, 7) is 2.25. The Kier molecular flexibility index (Phi) is 6.89. The summed E-state index contributed by atoms with van der Waals surface area (Å²) in [7, 11) is 0. The Hall–Kier alpha value is -2.42. The highest BCUT2D eigenvalue weighted by Crippen LogP contribution is 2.39. The number of benzene rings is 3. The van der Waals surface area contributed by atoms with Crippen LogP contribution in [0.3, 0.4) is 0 Å². The molecule has 1 aliphatic carbocycles. The van der Waals surface area contributed by atoms with E-state index in [1.54, 1.807) is 30.3 Å². The quantitative estimate of drug-likeness (QED) is 0.377. The second-order valence-corrected chi connectivity index (χ2v) is 9.14. The lowest BCUT2D eigenvalue weighted by molar-refractivity contribution is 0.302. The Morgan fingerprint density at radius 1 is 0.871 bits per heavy atom. The van der Waals surface area contributed by atoms with E-state index in [4.69, 9.17) is 0 Å². The standard InChI is InChI=1S/C28H32F2O/c1-2-3-4-5-6-19-7-9-20(10-8-19)21-11-14-24(26(29)18-21)22-12-15-25-23(17-22)13-16-27(31)28(25)30/h11-20,31H,2-10H2,1H3. The van der Waals surface area contributed by atoms with Crippen molar-refractivity contribution >= 4 is 10.8 Å². The smallest absolute Gasteiger partial charge is 0.172 e. The minimum Gasteiger partial charge on any atom is -0.505 e. The third-order valence-corrected chi connectivity index (χ3v) is 7.02. The SMILES string of the molecule is CCCCCCC1CCC(c2ccc(-c3ccc4c(F)c(O)ccc4c3)c(F)c2)CC1. The molecule has 0 saturated heterocycles. The molecule has 1 aliphatic rings.